The Morgan fingerprint density at radius 3 is 1.14 bits per heavy atom. The van der Waals surface area contributed by atoms with Crippen LogP contribution in [0.1, 0.15) is 41.4 Å². The minimum Gasteiger partial charge on any atom is -0.504 e. The summed E-state index contributed by atoms with van der Waals surface area (Å²) in [6.45, 7) is 0. The summed E-state index contributed by atoms with van der Waals surface area (Å²) < 4.78 is 27.4. The standard InChI is InChI=1S/C43H26O22/c44-22-5-16(6-23(45)34(22)53)40(57)62-20-3-1-15(2-4-20)21-14-61-38-30(63-41(58)17-7-24(46)35(54)25(47)8-17)13-31(64-42(59)18-9-26(48)36(55)27(49)10-18)39(32(38)33(21)52)65-43(60)19-11-28(50)37(56)29(51)12-19/h1-14,44-51,53-56H. The Morgan fingerprint density at radius 2 is 0.754 bits per heavy atom. The molecular formula is C43H26O22. The highest BCUT2D eigenvalue weighted by molar-refractivity contribution is 6.02. The highest BCUT2D eigenvalue weighted by Crippen LogP contribution is 2.45. The molecular weight excluding hydrogens is 868 g/mol. The molecule has 7 aromatic rings. The molecule has 0 aliphatic carbocycles. The van der Waals surface area contributed by atoms with E-state index in [1.807, 2.05) is 0 Å². The van der Waals surface area contributed by atoms with Crippen molar-refractivity contribution < 1.29 is 104 Å². The van der Waals surface area contributed by atoms with Crippen LogP contribution in [0.5, 0.6) is 92.0 Å². The first kappa shape index (κ1) is 43.1. The van der Waals surface area contributed by atoms with Crippen LogP contribution in [0.4, 0.5) is 0 Å². The van der Waals surface area contributed by atoms with Gasteiger partial charge in [-0.3, -0.25) is 4.79 Å². The van der Waals surface area contributed by atoms with Crippen molar-refractivity contribution in [1.29, 1.82) is 0 Å². The number of fused-ring (bicyclic) bond motifs is 1. The number of phenolic OH excluding ortho intramolecular Hbond substituents is 12. The third-order valence-electron chi connectivity index (χ3n) is 9.13. The van der Waals surface area contributed by atoms with Crippen molar-refractivity contribution >= 4 is 34.8 Å². The summed E-state index contributed by atoms with van der Waals surface area (Å²) in [4.78, 5) is 68.1. The maximum Gasteiger partial charge on any atom is 0.343 e. The summed E-state index contributed by atoms with van der Waals surface area (Å²) in [7, 11) is 0. The number of phenols is 12. The van der Waals surface area contributed by atoms with Crippen molar-refractivity contribution in [2.24, 2.45) is 0 Å². The molecule has 0 aliphatic heterocycles. The monoisotopic (exact) mass is 894 g/mol. The maximum atomic E-state index is 14.6. The Hall–Kier alpha value is -9.99. The quantitative estimate of drug-likeness (QED) is 0.0525. The van der Waals surface area contributed by atoms with Gasteiger partial charge in [-0.25, -0.2) is 19.2 Å². The van der Waals surface area contributed by atoms with E-state index in [4.69, 9.17) is 23.4 Å². The molecule has 0 spiro atoms. The predicted octanol–water partition coefficient (Wildman–Crippen LogP) is 4.80. The number of carbonyl (C=O) groups excluding carboxylic acids is 4. The number of rotatable bonds is 9. The molecule has 0 saturated carbocycles. The predicted molar refractivity (Wildman–Crippen MR) is 213 cm³/mol. The number of ether oxygens (including phenoxy) is 4. The van der Waals surface area contributed by atoms with Crippen molar-refractivity contribution in [2.75, 3.05) is 0 Å². The van der Waals surface area contributed by atoms with Crippen LogP contribution in [0, 0.1) is 0 Å². The molecule has 0 fully saturated rings. The molecule has 330 valence electrons. The fourth-order valence-electron chi connectivity index (χ4n) is 5.91. The van der Waals surface area contributed by atoms with Crippen LogP contribution in [0.3, 0.4) is 0 Å². The molecule has 6 aromatic carbocycles. The molecule has 7 rings (SSSR count). The van der Waals surface area contributed by atoms with E-state index in [0.717, 1.165) is 18.4 Å². The van der Waals surface area contributed by atoms with E-state index in [0.29, 0.717) is 42.5 Å². The summed E-state index contributed by atoms with van der Waals surface area (Å²) in [5.74, 6) is -20.0. The van der Waals surface area contributed by atoms with E-state index < -0.39 is 143 Å². The van der Waals surface area contributed by atoms with E-state index in [2.05, 4.69) is 0 Å². The van der Waals surface area contributed by atoms with Gasteiger partial charge in [0.05, 0.1) is 27.8 Å². The van der Waals surface area contributed by atoms with Crippen LogP contribution in [0.2, 0.25) is 0 Å². The molecule has 12 N–H and O–H groups in total. The number of carbonyl (C=O) groups is 4. The van der Waals surface area contributed by atoms with E-state index in [-0.39, 0.29) is 22.4 Å². The minimum atomic E-state index is -1.51. The number of hydrogen-bond donors (Lipinski definition) is 12. The highest BCUT2D eigenvalue weighted by atomic mass is 16.6. The van der Waals surface area contributed by atoms with Crippen LogP contribution in [0.25, 0.3) is 22.1 Å². The second-order valence-corrected chi connectivity index (χ2v) is 13.4. The lowest BCUT2D eigenvalue weighted by Crippen LogP contribution is -2.17. The van der Waals surface area contributed by atoms with Gasteiger partial charge in [-0.1, -0.05) is 12.1 Å². The molecule has 0 aliphatic rings. The van der Waals surface area contributed by atoms with Gasteiger partial charge in [0.25, 0.3) is 0 Å². The van der Waals surface area contributed by atoms with Gasteiger partial charge in [-0.2, -0.15) is 0 Å². The molecule has 1 heterocycles. The van der Waals surface area contributed by atoms with Crippen molar-refractivity contribution in [2.45, 2.75) is 0 Å². The van der Waals surface area contributed by atoms with Gasteiger partial charge in [-0.15, -0.1) is 0 Å². The molecule has 1 aromatic heterocycles. The maximum absolute atomic E-state index is 14.6. The second kappa shape index (κ2) is 16.5. The van der Waals surface area contributed by atoms with E-state index in [9.17, 15) is 85.3 Å². The molecule has 22 nitrogen and oxygen atoms in total. The molecule has 0 bridgehead atoms. The molecule has 0 amide bonds. The summed E-state index contributed by atoms with van der Waals surface area (Å²) in [6.07, 6.45) is 0.832. The average Bonchev–Trinajstić information content (AvgIpc) is 3.26. The summed E-state index contributed by atoms with van der Waals surface area (Å²) in [5.41, 5.74) is -4.62. The van der Waals surface area contributed by atoms with Crippen LogP contribution in [-0.4, -0.2) is 85.2 Å². The summed E-state index contributed by atoms with van der Waals surface area (Å²) in [5, 5.41) is 118. The zero-order valence-corrected chi connectivity index (χ0v) is 32.0. The fraction of sp³-hybridized carbons (Fsp3) is 0. The Morgan fingerprint density at radius 1 is 0.415 bits per heavy atom. The zero-order valence-electron chi connectivity index (χ0n) is 32.0. The van der Waals surface area contributed by atoms with E-state index >= 15 is 0 Å². The van der Waals surface area contributed by atoms with Gasteiger partial charge >= 0.3 is 23.9 Å². The topological polar surface area (TPSA) is 378 Å². The molecule has 0 atom stereocenters. The van der Waals surface area contributed by atoms with Crippen LogP contribution in [-0.2, 0) is 0 Å². The van der Waals surface area contributed by atoms with Crippen molar-refractivity contribution in [3.05, 3.63) is 118 Å². The van der Waals surface area contributed by atoms with Crippen molar-refractivity contribution in [1.82, 2.24) is 0 Å². The Balaban J connectivity index is 1.40. The van der Waals surface area contributed by atoms with Gasteiger partial charge in [0.15, 0.2) is 91.8 Å². The molecule has 0 unspecified atom stereocenters. The number of benzene rings is 6. The first-order chi connectivity index (χ1) is 30.7. The Bertz CT molecular complexity index is 3130. The number of esters is 4. The molecule has 22 heteroatoms. The normalized spacial score (nSPS) is 10.9. The van der Waals surface area contributed by atoms with Crippen molar-refractivity contribution in [3.8, 4) is 103 Å². The SMILES string of the molecule is O=C(Oc1ccc(-c2coc3c(OC(=O)c4cc(O)c(O)c(O)c4)cc(OC(=O)c4cc(O)c(O)c(O)c4)c(OC(=O)c4cc(O)c(O)c(O)c4)c3c2=O)cc1)c1cc(O)c(O)c(O)c1. The van der Waals surface area contributed by atoms with Gasteiger partial charge in [0.2, 0.25) is 5.43 Å². The fourth-order valence-corrected chi connectivity index (χ4v) is 5.91. The Labute approximate surface area is 358 Å². The first-order valence-electron chi connectivity index (χ1n) is 17.8. The highest BCUT2D eigenvalue weighted by Gasteiger charge is 2.30. The molecule has 0 saturated heterocycles. The number of hydrogen-bond acceptors (Lipinski definition) is 22. The van der Waals surface area contributed by atoms with Crippen LogP contribution < -0.4 is 24.4 Å². The minimum absolute atomic E-state index is 0.0166. The summed E-state index contributed by atoms with van der Waals surface area (Å²) >= 11 is 0. The third kappa shape index (κ3) is 8.26. The smallest absolute Gasteiger partial charge is 0.343 e. The average molecular weight is 895 g/mol. The second-order valence-electron chi connectivity index (χ2n) is 13.4. The lowest BCUT2D eigenvalue weighted by molar-refractivity contribution is 0.0680. The van der Waals surface area contributed by atoms with Gasteiger partial charge in [0, 0.05) is 6.07 Å². The summed E-state index contributed by atoms with van der Waals surface area (Å²) in [6, 6.07) is 11.0. The zero-order chi connectivity index (χ0) is 47.2. The van der Waals surface area contributed by atoms with Gasteiger partial charge in [0.1, 0.15) is 17.4 Å². The van der Waals surface area contributed by atoms with Crippen LogP contribution >= 0.6 is 0 Å². The van der Waals surface area contributed by atoms with Gasteiger partial charge < -0.3 is 84.6 Å². The molecule has 0 radical (unpaired) electrons. The Kier molecular flexibility index (Phi) is 10.9. The van der Waals surface area contributed by atoms with Crippen LogP contribution in [0.15, 0.2) is 94.3 Å². The molecule has 65 heavy (non-hydrogen) atoms. The third-order valence-corrected chi connectivity index (χ3v) is 9.13. The van der Waals surface area contributed by atoms with E-state index in [1.54, 1.807) is 0 Å². The lowest BCUT2D eigenvalue weighted by atomic mass is 10.0. The number of aromatic hydroxyl groups is 12. The van der Waals surface area contributed by atoms with Crippen molar-refractivity contribution in [3.63, 3.8) is 0 Å². The first-order valence-corrected chi connectivity index (χ1v) is 17.8. The van der Waals surface area contributed by atoms with Gasteiger partial charge in [-0.05, 0) is 66.2 Å². The lowest BCUT2D eigenvalue weighted by Gasteiger charge is -2.16. The largest absolute Gasteiger partial charge is 0.504 e. The van der Waals surface area contributed by atoms with E-state index in [1.165, 1.54) is 24.3 Å².